The van der Waals surface area contributed by atoms with Crippen molar-refractivity contribution in [2.24, 2.45) is 11.5 Å². The maximum Gasteiger partial charge on any atom is 0.108 e. The predicted molar refractivity (Wildman–Crippen MR) is 92.4 cm³/mol. The molecule has 0 saturated heterocycles. The largest absolute Gasteiger partial charge is 0.391 e. The van der Waals surface area contributed by atoms with E-state index in [0.29, 0.717) is 26.2 Å². The van der Waals surface area contributed by atoms with Crippen molar-refractivity contribution >= 4 is 0 Å². The van der Waals surface area contributed by atoms with Gasteiger partial charge >= 0.3 is 0 Å². The average Bonchev–Trinajstić information content (AvgIpc) is 2.49. The molecule has 6 nitrogen and oxygen atoms in total. The monoisotopic (exact) mass is 314 g/mol. The molecule has 0 aliphatic heterocycles. The van der Waals surface area contributed by atoms with Gasteiger partial charge in [0.05, 0.1) is 12.3 Å². The molecule has 2 unspecified atom stereocenters. The first-order chi connectivity index (χ1) is 10.5. The number of rotatable bonds is 14. The summed E-state index contributed by atoms with van der Waals surface area (Å²) >= 11 is 0. The summed E-state index contributed by atoms with van der Waals surface area (Å²) in [6.45, 7) is 13.0. The Bertz CT molecular complexity index is 278. The molecule has 0 aliphatic carbocycles. The molecule has 0 aromatic rings. The lowest BCUT2D eigenvalue weighted by Gasteiger charge is -2.42. The van der Waals surface area contributed by atoms with Crippen LogP contribution in [0.1, 0.15) is 19.8 Å². The Labute approximate surface area is 135 Å². The molecule has 0 amide bonds. The number of aliphatic hydroxyl groups is 2. The molecule has 0 aliphatic rings. The molecule has 0 fully saturated rings. The van der Waals surface area contributed by atoms with Gasteiger partial charge in [0.25, 0.3) is 0 Å². The van der Waals surface area contributed by atoms with E-state index in [2.05, 4.69) is 23.0 Å². The normalized spacial score (nSPS) is 14.5. The van der Waals surface area contributed by atoms with E-state index in [1.54, 1.807) is 19.1 Å². The highest BCUT2D eigenvalue weighted by Gasteiger charge is 2.32. The van der Waals surface area contributed by atoms with Crippen LogP contribution in [0.15, 0.2) is 25.3 Å². The summed E-state index contributed by atoms with van der Waals surface area (Å²) in [4.78, 5) is 4.19. The molecule has 0 saturated carbocycles. The Hall–Kier alpha value is -0.760. The molecule has 22 heavy (non-hydrogen) atoms. The second-order valence-corrected chi connectivity index (χ2v) is 5.50. The molecule has 6 heteroatoms. The van der Waals surface area contributed by atoms with Crippen LogP contribution >= 0.6 is 0 Å². The van der Waals surface area contributed by atoms with Crippen molar-refractivity contribution in [2.45, 2.75) is 38.1 Å². The van der Waals surface area contributed by atoms with Gasteiger partial charge in [0.1, 0.15) is 6.10 Å². The molecule has 2 atom stereocenters. The Morgan fingerprint density at radius 1 is 0.955 bits per heavy atom. The molecular formula is C16H34N4O2. The van der Waals surface area contributed by atoms with E-state index < -0.39 is 12.2 Å². The smallest absolute Gasteiger partial charge is 0.108 e. The minimum atomic E-state index is -0.893. The first kappa shape index (κ1) is 21.2. The molecule has 0 rings (SSSR count). The third kappa shape index (κ3) is 7.49. The van der Waals surface area contributed by atoms with Crippen LogP contribution < -0.4 is 11.5 Å². The third-order valence-corrected chi connectivity index (χ3v) is 3.57. The van der Waals surface area contributed by atoms with Crippen molar-refractivity contribution in [1.82, 2.24) is 9.80 Å². The van der Waals surface area contributed by atoms with Crippen molar-refractivity contribution in [3.05, 3.63) is 25.3 Å². The third-order valence-electron chi connectivity index (χ3n) is 3.57. The molecule has 6 N–H and O–H groups in total. The van der Waals surface area contributed by atoms with Gasteiger partial charge in [-0.25, -0.2) is 0 Å². The Morgan fingerprint density at radius 2 is 1.36 bits per heavy atom. The zero-order valence-electron chi connectivity index (χ0n) is 13.9. The summed E-state index contributed by atoms with van der Waals surface area (Å²) in [5.41, 5.74) is 11.2. The van der Waals surface area contributed by atoms with Crippen molar-refractivity contribution in [1.29, 1.82) is 0 Å². The summed E-state index contributed by atoms with van der Waals surface area (Å²) < 4.78 is 0. The fourth-order valence-electron chi connectivity index (χ4n) is 2.50. The maximum absolute atomic E-state index is 10.5. The van der Waals surface area contributed by atoms with Crippen LogP contribution in [0.2, 0.25) is 0 Å². The molecule has 0 heterocycles. The SMILES string of the molecule is C=CCN(CCCN)C(C(O)C(C)O)N(CC=C)CCCN. The summed E-state index contributed by atoms with van der Waals surface area (Å²) in [5, 5.41) is 20.4. The summed E-state index contributed by atoms with van der Waals surface area (Å²) in [7, 11) is 0. The van der Waals surface area contributed by atoms with E-state index in [1.165, 1.54) is 0 Å². The Balaban J connectivity index is 5.30. The number of hydrogen-bond acceptors (Lipinski definition) is 6. The van der Waals surface area contributed by atoms with Gasteiger partial charge in [-0.15, -0.1) is 13.2 Å². The van der Waals surface area contributed by atoms with Crippen molar-refractivity contribution < 1.29 is 10.2 Å². The highest BCUT2D eigenvalue weighted by molar-refractivity contribution is 4.89. The lowest BCUT2D eigenvalue weighted by atomic mass is 10.1. The van der Waals surface area contributed by atoms with Gasteiger partial charge in [-0.2, -0.15) is 0 Å². The van der Waals surface area contributed by atoms with Crippen LogP contribution in [-0.4, -0.2) is 77.7 Å². The lowest BCUT2D eigenvalue weighted by Crippen LogP contribution is -2.58. The van der Waals surface area contributed by atoms with Gasteiger partial charge in [-0.1, -0.05) is 12.2 Å². The van der Waals surface area contributed by atoms with Crippen LogP contribution in [0.4, 0.5) is 0 Å². The van der Waals surface area contributed by atoms with E-state index in [9.17, 15) is 10.2 Å². The van der Waals surface area contributed by atoms with E-state index in [4.69, 9.17) is 11.5 Å². The minimum absolute atomic E-state index is 0.325. The molecular weight excluding hydrogens is 280 g/mol. The van der Waals surface area contributed by atoms with Gasteiger partial charge in [0, 0.05) is 26.2 Å². The average molecular weight is 314 g/mol. The molecule has 0 bridgehead atoms. The Morgan fingerprint density at radius 3 is 1.64 bits per heavy atom. The number of aliphatic hydroxyl groups excluding tert-OH is 2. The Kier molecular flexibility index (Phi) is 12.3. The first-order valence-electron chi connectivity index (χ1n) is 7.99. The summed E-state index contributed by atoms with van der Waals surface area (Å²) in [6.07, 6.45) is 3.18. The van der Waals surface area contributed by atoms with Gasteiger partial charge in [-0.3, -0.25) is 9.80 Å². The fourth-order valence-corrected chi connectivity index (χ4v) is 2.50. The highest BCUT2D eigenvalue weighted by Crippen LogP contribution is 2.15. The van der Waals surface area contributed by atoms with E-state index in [-0.39, 0.29) is 6.17 Å². The number of nitrogens with zero attached hydrogens (tertiary/aromatic N) is 2. The topological polar surface area (TPSA) is 99.0 Å². The lowest BCUT2D eigenvalue weighted by molar-refractivity contribution is -0.0871. The zero-order chi connectivity index (χ0) is 17.0. The number of hydrogen-bond donors (Lipinski definition) is 4. The molecule has 0 radical (unpaired) electrons. The molecule has 0 aromatic carbocycles. The summed E-state index contributed by atoms with van der Waals surface area (Å²) in [5.74, 6) is 0. The zero-order valence-corrected chi connectivity index (χ0v) is 13.9. The highest BCUT2D eigenvalue weighted by atomic mass is 16.3. The summed E-state index contributed by atoms with van der Waals surface area (Å²) in [6, 6.07) is 0. The van der Waals surface area contributed by atoms with Gasteiger partial charge < -0.3 is 21.7 Å². The first-order valence-corrected chi connectivity index (χ1v) is 7.99. The van der Waals surface area contributed by atoms with E-state index in [0.717, 1.165) is 25.9 Å². The predicted octanol–water partition coefficient (Wildman–Crippen LogP) is -0.272. The minimum Gasteiger partial charge on any atom is -0.391 e. The molecule has 0 spiro atoms. The fraction of sp³-hybridized carbons (Fsp3) is 0.750. The molecule has 0 aromatic heterocycles. The quantitative estimate of drug-likeness (QED) is 0.260. The van der Waals surface area contributed by atoms with Crippen molar-refractivity contribution in [2.75, 3.05) is 39.3 Å². The van der Waals surface area contributed by atoms with Crippen LogP contribution in [0.25, 0.3) is 0 Å². The van der Waals surface area contributed by atoms with Crippen LogP contribution in [0, 0.1) is 0 Å². The van der Waals surface area contributed by atoms with Crippen molar-refractivity contribution in [3.8, 4) is 0 Å². The van der Waals surface area contributed by atoms with E-state index >= 15 is 0 Å². The van der Waals surface area contributed by atoms with Crippen LogP contribution in [-0.2, 0) is 0 Å². The maximum atomic E-state index is 10.5. The van der Waals surface area contributed by atoms with Gasteiger partial charge in [0.15, 0.2) is 0 Å². The standard InChI is InChI=1S/C16H34N4O2/c1-4-10-19(12-6-8-17)16(15(22)14(3)21)20(11-5-2)13-7-9-18/h4-5,14-16,21-22H,1-2,6-13,17-18H2,3H3. The second kappa shape index (κ2) is 12.8. The van der Waals surface area contributed by atoms with Gasteiger partial charge in [0.2, 0.25) is 0 Å². The van der Waals surface area contributed by atoms with Crippen LogP contribution in [0.3, 0.4) is 0 Å². The second-order valence-electron chi connectivity index (χ2n) is 5.50. The van der Waals surface area contributed by atoms with E-state index in [1.807, 2.05) is 0 Å². The number of nitrogens with two attached hydrogens (primary N) is 2. The van der Waals surface area contributed by atoms with Crippen molar-refractivity contribution in [3.63, 3.8) is 0 Å². The van der Waals surface area contributed by atoms with Gasteiger partial charge in [-0.05, 0) is 32.9 Å². The molecule has 130 valence electrons. The van der Waals surface area contributed by atoms with Crippen LogP contribution in [0.5, 0.6) is 0 Å².